The first-order valence-corrected chi connectivity index (χ1v) is 12.4. The van der Waals surface area contributed by atoms with Crippen LogP contribution in [0.1, 0.15) is 46.5 Å². The molecule has 0 bridgehead atoms. The molecule has 4 atom stereocenters. The molecule has 0 unspecified atom stereocenters. The Morgan fingerprint density at radius 2 is 2.00 bits per heavy atom. The summed E-state index contributed by atoms with van der Waals surface area (Å²) in [6, 6.07) is 6.61. The average Bonchev–Trinajstić information content (AvgIpc) is 3.57. The van der Waals surface area contributed by atoms with Crippen molar-refractivity contribution >= 4 is 12.1 Å². The molecule has 3 aromatic rings. The summed E-state index contributed by atoms with van der Waals surface area (Å²) in [5.74, 6) is 0.321. The number of fused-ring (bicyclic) bond motifs is 1. The third-order valence-corrected chi connectivity index (χ3v) is 6.95. The Bertz CT molecular complexity index is 1240. The van der Waals surface area contributed by atoms with Gasteiger partial charge in [0.25, 0.3) is 0 Å². The monoisotopic (exact) mass is 509 g/mol. The van der Waals surface area contributed by atoms with Crippen molar-refractivity contribution in [3.8, 4) is 22.8 Å². The van der Waals surface area contributed by atoms with Crippen molar-refractivity contribution in [1.29, 1.82) is 0 Å². The van der Waals surface area contributed by atoms with E-state index in [0.29, 0.717) is 36.5 Å². The molecule has 2 N–H and O–H groups in total. The Hall–Kier alpha value is -3.96. The van der Waals surface area contributed by atoms with Gasteiger partial charge >= 0.3 is 12.1 Å². The highest BCUT2D eigenvalue weighted by atomic mass is 16.6. The first kappa shape index (κ1) is 24.7. The lowest BCUT2D eigenvalue weighted by Crippen LogP contribution is -2.56. The van der Waals surface area contributed by atoms with E-state index in [0.717, 1.165) is 18.5 Å². The number of benzene rings is 1. The number of likely N-dealkylation sites (tertiary alicyclic amines) is 1. The number of nitrogens with one attached hydrogen (secondary N) is 1. The number of carboxylic acid groups (broad SMARTS) is 1. The standard InChI is InChI=1S/C25H31N7O5/c1-25(2,3)37-24(35)31-14-15-5-7-18(11-16(15)12-20(31)23(33)34)36-21-13-17(32-10-4-9-26-32)6-8-19(21)22-27-29-30-28-22/h4,6,8-10,13,15-16,18,20H,5,7,11-12,14H2,1-3H3,(H,33,34)(H,27,28,29,30)/t15-,16-,18-,20-/m0/s1. The summed E-state index contributed by atoms with van der Waals surface area (Å²) < 4.78 is 13.8. The molecule has 3 heterocycles. The van der Waals surface area contributed by atoms with Crippen molar-refractivity contribution in [3.63, 3.8) is 0 Å². The number of rotatable bonds is 5. The van der Waals surface area contributed by atoms with Gasteiger partial charge in [0.2, 0.25) is 5.82 Å². The van der Waals surface area contributed by atoms with Crippen LogP contribution < -0.4 is 4.74 Å². The van der Waals surface area contributed by atoms with E-state index in [4.69, 9.17) is 9.47 Å². The number of nitrogens with zero attached hydrogens (tertiary/aromatic N) is 6. The molecule has 12 nitrogen and oxygen atoms in total. The molecule has 1 aromatic carbocycles. The van der Waals surface area contributed by atoms with E-state index in [1.54, 1.807) is 31.6 Å². The number of ether oxygens (including phenoxy) is 2. The van der Waals surface area contributed by atoms with Crippen LogP contribution in [-0.2, 0) is 9.53 Å². The quantitative estimate of drug-likeness (QED) is 0.528. The van der Waals surface area contributed by atoms with Crippen molar-refractivity contribution in [3.05, 3.63) is 36.7 Å². The van der Waals surface area contributed by atoms with E-state index >= 15 is 0 Å². The summed E-state index contributed by atoms with van der Waals surface area (Å²) in [7, 11) is 0. The second-order valence-corrected chi connectivity index (χ2v) is 10.7. The molecule has 12 heteroatoms. The van der Waals surface area contributed by atoms with Crippen molar-refractivity contribution in [2.45, 2.75) is 64.2 Å². The zero-order valence-corrected chi connectivity index (χ0v) is 21.1. The number of piperidine rings is 1. The topological polar surface area (TPSA) is 148 Å². The van der Waals surface area contributed by atoms with Gasteiger partial charge in [-0.2, -0.15) is 10.3 Å². The maximum absolute atomic E-state index is 12.8. The maximum Gasteiger partial charge on any atom is 0.411 e. The molecule has 2 aliphatic rings. The van der Waals surface area contributed by atoms with Gasteiger partial charge in [-0.05, 0) is 81.7 Å². The third-order valence-electron chi connectivity index (χ3n) is 6.95. The Morgan fingerprint density at radius 1 is 1.16 bits per heavy atom. The van der Waals surface area contributed by atoms with Crippen LogP contribution in [0.5, 0.6) is 5.75 Å². The average molecular weight is 510 g/mol. The SMILES string of the molecule is CC(C)(C)OC(=O)N1C[C@@H]2CC[C@H](Oc3cc(-n4cccn4)ccc3-c3nn[nH]n3)C[C@H]2C[C@H]1C(=O)O. The van der Waals surface area contributed by atoms with Gasteiger partial charge in [-0.25, -0.2) is 14.3 Å². The van der Waals surface area contributed by atoms with Crippen molar-refractivity contribution in [2.75, 3.05) is 6.54 Å². The lowest BCUT2D eigenvalue weighted by molar-refractivity contribution is -0.147. The molecular formula is C25H31N7O5. The van der Waals surface area contributed by atoms with Crippen LogP contribution in [0.3, 0.4) is 0 Å². The molecule has 0 radical (unpaired) electrons. The molecule has 2 fully saturated rings. The number of aromatic amines is 1. The zero-order valence-electron chi connectivity index (χ0n) is 21.1. The lowest BCUT2D eigenvalue weighted by atomic mass is 9.72. The van der Waals surface area contributed by atoms with Crippen LogP contribution >= 0.6 is 0 Å². The lowest BCUT2D eigenvalue weighted by Gasteiger charge is -2.46. The fourth-order valence-corrected chi connectivity index (χ4v) is 5.28. The molecule has 1 aliphatic heterocycles. The number of carbonyl (C=O) groups is 2. The largest absolute Gasteiger partial charge is 0.490 e. The summed E-state index contributed by atoms with van der Waals surface area (Å²) in [5.41, 5.74) is 0.844. The van der Waals surface area contributed by atoms with Gasteiger partial charge in [-0.3, -0.25) is 4.90 Å². The Morgan fingerprint density at radius 3 is 2.68 bits per heavy atom. The van der Waals surface area contributed by atoms with E-state index < -0.39 is 23.7 Å². The number of carboxylic acids is 1. The van der Waals surface area contributed by atoms with Crippen molar-refractivity contribution < 1.29 is 24.2 Å². The predicted octanol–water partition coefficient (Wildman–Crippen LogP) is 3.31. The van der Waals surface area contributed by atoms with Crippen LogP contribution in [0.4, 0.5) is 4.79 Å². The number of amides is 1. The fraction of sp³-hybridized carbons (Fsp3) is 0.520. The molecule has 196 valence electrons. The smallest absolute Gasteiger partial charge is 0.411 e. The van der Waals surface area contributed by atoms with Crippen LogP contribution in [0.2, 0.25) is 0 Å². The molecule has 1 saturated carbocycles. The second kappa shape index (κ2) is 9.83. The number of aliphatic carboxylic acids is 1. The predicted molar refractivity (Wildman–Crippen MR) is 131 cm³/mol. The van der Waals surface area contributed by atoms with E-state index in [9.17, 15) is 14.7 Å². The fourth-order valence-electron chi connectivity index (χ4n) is 5.28. The molecule has 1 aliphatic carbocycles. The summed E-state index contributed by atoms with van der Waals surface area (Å²) in [5, 5.41) is 28.6. The molecular weight excluding hydrogens is 478 g/mol. The number of tetrazole rings is 1. The molecule has 2 aromatic heterocycles. The molecule has 5 rings (SSSR count). The number of aromatic nitrogens is 6. The summed E-state index contributed by atoms with van der Waals surface area (Å²) >= 11 is 0. The summed E-state index contributed by atoms with van der Waals surface area (Å²) in [6.07, 6.45) is 5.51. The normalized spacial score (nSPS) is 23.8. The van der Waals surface area contributed by atoms with E-state index in [1.807, 2.05) is 30.5 Å². The van der Waals surface area contributed by atoms with E-state index in [-0.39, 0.29) is 17.9 Å². The van der Waals surface area contributed by atoms with Crippen LogP contribution in [-0.4, -0.2) is 76.8 Å². The maximum atomic E-state index is 12.8. The Labute approximate surface area is 213 Å². The third kappa shape index (κ3) is 5.42. The second-order valence-electron chi connectivity index (χ2n) is 10.7. The zero-order chi connectivity index (χ0) is 26.2. The number of carbonyl (C=O) groups excluding carboxylic acids is 1. The minimum atomic E-state index is -1.02. The first-order chi connectivity index (χ1) is 17.7. The van der Waals surface area contributed by atoms with Gasteiger partial charge in [0.1, 0.15) is 17.4 Å². The number of hydrogen-bond acceptors (Lipinski definition) is 8. The van der Waals surface area contributed by atoms with Crippen molar-refractivity contribution in [1.82, 2.24) is 35.3 Å². The molecule has 1 saturated heterocycles. The van der Waals surface area contributed by atoms with E-state index in [2.05, 4.69) is 25.7 Å². The van der Waals surface area contributed by atoms with Gasteiger partial charge in [0.05, 0.1) is 17.4 Å². The Kier molecular flexibility index (Phi) is 6.57. The van der Waals surface area contributed by atoms with Gasteiger partial charge < -0.3 is 14.6 Å². The summed E-state index contributed by atoms with van der Waals surface area (Å²) in [4.78, 5) is 26.3. The highest BCUT2D eigenvalue weighted by Gasteiger charge is 2.45. The van der Waals surface area contributed by atoms with Crippen molar-refractivity contribution in [2.24, 2.45) is 11.8 Å². The van der Waals surface area contributed by atoms with Gasteiger partial charge in [0.15, 0.2) is 0 Å². The van der Waals surface area contributed by atoms with Crippen LogP contribution in [0.15, 0.2) is 36.7 Å². The minimum Gasteiger partial charge on any atom is -0.490 e. The van der Waals surface area contributed by atoms with Gasteiger partial charge in [-0.1, -0.05) is 0 Å². The van der Waals surface area contributed by atoms with E-state index in [1.165, 1.54) is 4.90 Å². The van der Waals surface area contributed by atoms with Crippen LogP contribution in [0.25, 0.3) is 17.1 Å². The van der Waals surface area contributed by atoms with Gasteiger partial charge in [0, 0.05) is 25.0 Å². The van der Waals surface area contributed by atoms with Gasteiger partial charge in [-0.15, -0.1) is 10.2 Å². The number of hydrogen-bond donors (Lipinski definition) is 2. The minimum absolute atomic E-state index is 0.112. The van der Waals surface area contributed by atoms with Crippen LogP contribution in [0, 0.1) is 11.8 Å². The molecule has 0 spiro atoms. The highest BCUT2D eigenvalue weighted by molar-refractivity contribution is 5.80. The number of H-pyrrole nitrogens is 1. The summed E-state index contributed by atoms with van der Waals surface area (Å²) in [6.45, 7) is 5.70. The molecule has 37 heavy (non-hydrogen) atoms. The first-order valence-electron chi connectivity index (χ1n) is 12.4. The Balaban J connectivity index is 1.34. The highest BCUT2D eigenvalue weighted by Crippen LogP contribution is 2.41. The molecule has 1 amide bonds.